The molecule has 0 spiro atoms. The first kappa shape index (κ1) is 16.1. The number of hydrogen-bond donors (Lipinski definition) is 1. The molecule has 0 saturated carbocycles. The Balaban J connectivity index is 1.53. The Labute approximate surface area is 144 Å². The molecule has 3 rings (SSSR count). The summed E-state index contributed by atoms with van der Waals surface area (Å²) in [7, 11) is 1.60. The summed E-state index contributed by atoms with van der Waals surface area (Å²) in [5.41, 5.74) is 2.44. The minimum atomic E-state index is -0.0992. The van der Waals surface area contributed by atoms with E-state index in [2.05, 4.69) is 15.3 Å². The molecule has 0 saturated heterocycles. The molecular formula is C18H17N3O2S. The van der Waals surface area contributed by atoms with Gasteiger partial charge in [0.25, 0.3) is 5.91 Å². The van der Waals surface area contributed by atoms with Crippen LogP contribution in [0, 0.1) is 0 Å². The van der Waals surface area contributed by atoms with E-state index in [9.17, 15) is 4.79 Å². The third kappa shape index (κ3) is 3.97. The van der Waals surface area contributed by atoms with Crippen LogP contribution < -0.4 is 10.1 Å². The van der Waals surface area contributed by atoms with E-state index < -0.39 is 0 Å². The number of carbonyl (C=O) groups excluding carboxylic acids is 1. The van der Waals surface area contributed by atoms with Crippen molar-refractivity contribution in [1.82, 2.24) is 15.3 Å². The summed E-state index contributed by atoms with van der Waals surface area (Å²) in [6.07, 6.45) is 2.44. The molecule has 1 N–H and O–H groups in total. The van der Waals surface area contributed by atoms with Gasteiger partial charge in [-0.3, -0.25) is 9.78 Å². The second-order valence-corrected chi connectivity index (χ2v) is 5.95. The summed E-state index contributed by atoms with van der Waals surface area (Å²) in [6, 6.07) is 12.8. The van der Waals surface area contributed by atoms with Crippen LogP contribution >= 0.6 is 11.3 Å². The quantitative estimate of drug-likeness (QED) is 0.749. The van der Waals surface area contributed by atoms with Crippen molar-refractivity contribution in [3.63, 3.8) is 0 Å². The fourth-order valence-electron chi connectivity index (χ4n) is 2.18. The standard InChI is InChI=1S/C18H17N3O2S/c1-23-15-7-5-13(6-8-15)17(22)20-11-9-14-12-24-18(21-14)16-4-2-3-10-19-16/h2-8,10,12H,9,11H2,1H3,(H,20,22). The summed E-state index contributed by atoms with van der Waals surface area (Å²) in [4.78, 5) is 20.9. The van der Waals surface area contributed by atoms with Gasteiger partial charge in [0.1, 0.15) is 10.8 Å². The lowest BCUT2D eigenvalue weighted by Crippen LogP contribution is -2.25. The second kappa shape index (κ2) is 7.70. The molecule has 0 atom stereocenters. The topological polar surface area (TPSA) is 64.1 Å². The number of nitrogens with zero attached hydrogens (tertiary/aromatic N) is 2. The van der Waals surface area contributed by atoms with E-state index in [-0.39, 0.29) is 5.91 Å². The number of benzene rings is 1. The zero-order valence-electron chi connectivity index (χ0n) is 13.2. The number of hydrogen-bond acceptors (Lipinski definition) is 5. The van der Waals surface area contributed by atoms with Gasteiger partial charge in [-0.2, -0.15) is 0 Å². The molecule has 2 heterocycles. The van der Waals surface area contributed by atoms with Gasteiger partial charge in [-0.05, 0) is 36.4 Å². The minimum absolute atomic E-state index is 0.0992. The van der Waals surface area contributed by atoms with E-state index in [0.29, 0.717) is 18.5 Å². The Hall–Kier alpha value is -2.73. The largest absolute Gasteiger partial charge is 0.497 e. The number of nitrogens with one attached hydrogen (secondary N) is 1. The lowest BCUT2D eigenvalue weighted by molar-refractivity contribution is 0.0954. The normalized spacial score (nSPS) is 10.4. The molecule has 0 aliphatic carbocycles. The molecule has 0 fully saturated rings. The van der Waals surface area contributed by atoms with E-state index in [0.717, 1.165) is 22.1 Å². The van der Waals surface area contributed by atoms with E-state index in [1.54, 1.807) is 48.9 Å². The van der Waals surface area contributed by atoms with Crippen LogP contribution in [0.4, 0.5) is 0 Å². The third-order valence-electron chi connectivity index (χ3n) is 3.45. The van der Waals surface area contributed by atoms with Gasteiger partial charge < -0.3 is 10.1 Å². The maximum absolute atomic E-state index is 12.1. The summed E-state index contributed by atoms with van der Waals surface area (Å²) in [5.74, 6) is 0.633. The highest BCUT2D eigenvalue weighted by Crippen LogP contribution is 2.21. The Morgan fingerprint density at radius 3 is 2.75 bits per heavy atom. The molecule has 0 aliphatic heterocycles. The van der Waals surface area contributed by atoms with Crippen molar-refractivity contribution in [3.05, 3.63) is 65.3 Å². The lowest BCUT2D eigenvalue weighted by Gasteiger charge is -2.05. The summed E-state index contributed by atoms with van der Waals surface area (Å²) >= 11 is 1.56. The summed E-state index contributed by atoms with van der Waals surface area (Å²) in [5, 5.41) is 5.80. The van der Waals surface area contributed by atoms with E-state index >= 15 is 0 Å². The maximum atomic E-state index is 12.1. The average Bonchev–Trinajstić information content (AvgIpc) is 3.11. The molecule has 5 nitrogen and oxygen atoms in total. The monoisotopic (exact) mass is 339 g/mol. The number of carbonyl (C=O) groups is 1. The van der Waals surface area contributed by atoms with Crippen molar-refractivity contribution in [1.29, 1.82) is 0 Å². The summed E-state index contributed by atoms with van der Waals surface area (Å²) in [6.45, 7) is 0.538. The fraction of sp³-hybridized carbons (Fsp3) is 0.167. The summed E-state index contributed by atoms with van der Waals surface area (Å²) < 4.78 is 5.08. The first-order valence-electron chi connectivity index (χ1n) is 7.54. The van der Waals surface area contributed by atoms with Crippen LogP contribution in [0.5, 0.6) is 5.75 Å². The highest BCUT2D eigenvalue weighted by molar-refractivity contribution is 7.13. The number of rotatable bonds is 6. The van der Waals surface area contributed by atoms with Crippen molar-refractivity contribution in [2.45, 2.75) is 6.42 Å². The van der Waals surface area contributed by atoms with Crippen LogP contribution in [0.1, 0.15) is 16.1 Å². The van der Waals surface area contributed by atoms with Gasteiger partial charge in [-0.1, -0.05) is 6.07 Å². The second-order valence-electron chi connectivity index (χ2n) is 5.09. The SMILES string of the molecule is COc1ccc(C(=O)NCCc2csc(-c3ccccn3)n2)cc1. The van der Waals surface area contributed by atoms with Crippen molar-refractivity contribution in [2.75, 3.05) is 13.7 Å². The Morgan fingerprint density at radius 2 is 2.04 bits per heavy atom. The van der Waals surface area contributed by atoms with Crippen LogP contribution in [0.3, 0.4) is 0 Å². The first-order valence-corrected chi connectivity index (χ1v) is 8.42. The number of thiazole rings is 1. The number of methoxy groups -OCH3 is 1. The Morgan fingerprint density at radius 1 is 1.21 bits per heavy atom. The fourth-order valence-corrected chi connectivity index (χ4v) is 3.01. The van der Waals surface area contributed by atoms with Crippen molar-refractivity contribution < 1.29 is 9.53 Å². The molecule has 1 amide bonds. The molecule has 0 radical (unpaired) electrons. The molecule has 6 heteroatoms. The van der Waals surface area contributed by atoms with Crippen LogP contribution in [-0.4, -0.2) is 29.5 Å². The van der Waals surface area contributed by atoms with Gasteiger partial charge in [0.2, 0.25) is 0 Å². The molecule has 3 aromatic rings. The lowest BCUT2D eigenvalue weighted by atomic mass is 10.2. The Bertz CT molecular complexity index is 801. The van der Waals surface area contributed by atoms with Gasteiger partial charge in [-0.25, -0.2) is 4.98 Å². The highest BCUT2D eigenvalue weighted by atomic mass is 32.1. The molecule has 2 aromatic heterocycles. The van der Waals surface area contributed by atoms with Gasteiger partial charge in [-0.15, -0.1) is 11.3 Å². The van der Waals surface area contributed by atoms with Crippen LogP contribution in [0.15, 0.2) is 54.0 Å². The van der Waals surface area contributed by atoms with Gasteiger partial charge >= 0.3 is 0 Å². The zero-order chi connectivity index (χ0) is 16.8. The molecule has 122 valence electrons. The molecule has 0 aliphatic rings. The number of amides is 1. The molecular weight excluding hydrogens is 322 g/mol. The minimum Gasteiger partial charge on any atom is -0.497 e. The number of aromatic nitrogens is 2. The van der Waals surface area contributed by atoms with Crippen LogP contribution in [0.25, 0.3) is 10.7 Å². The molecule has 24 heavy (non-hydrogen) atoms. The zero-order valence-corrected chi connectivity index (χ0v) is 14.0. The maximum Gasteiger partial charge on any atom is 0.251 e. The highest BCUT2D eigenvalue weighted by Gasteiger charge is 2.08. The van der Waals surface area contributed by atoms with Crippen molar-refractivity contribution in [3.8, 4) is 16.5 Å². The molecule has 1 aromatic carbocycles. The van der Waals surface area contributed by atoms with E-state index in [4.69, 9.17) is 4.74 Å². The smallest absolute Gasteiger partial charge is 0.251 e. The number of pyridine rings is 1. The predicted octanol–water partition coefficient (Wildman–Crippen LogP) is 3.19. The van der Waals surface area contributed by atoms with Crippen molar-refractivity contribution in [2.24, 2.45) is 0 Å². The van der Waals surface area contributed by atoms with Gasteiger partial charge in [0.15, 0.2) is 0 Å². The third-order valence-corrected chi connectivity index (χ3v) is 4.37. The van der Waals surface area contributed by atoms with E-state index in [1.165, 1.54) is 0 Å². The van der Waals surface area contributed by atoms with Crippen LogP contribution in [0.2, 0.25) is 0 Å². The molecule has 0 unspecified atom stereocenters. The van der Waals surface area contributed by atoms with Crippen LogP contribution in [-0.2, 0) is 6.42 Å². The predicted molar refractivity (Wildman–Crippen MR) is 94.4 cm³/mol. The van der Waals surface area contributed by atoms with Crippen molar-refractivity contribution >= 4 is 17.2 Å². The van der Waals surface area contributed by atoms with Gasteiger partial charge in [0, 0.05) is 30.1 Å². The average molecular weight is 339 g/mol. The number of ether oxygens (including phenoxy) is 1. The van der Waals surface area contributed by atoms with E-state index in [1.807, 2.05) is 23.6 Å². The molecule has 0 bridgehead atoms. The van der Waals surface area contributed by atoms with Gasteiger partial charge in [0.05, 0.1) is 18.5 Å². The Kier molecular flexibility index (Phi) is 5.18. The first-order chi connectivity index (χ1) is 11.8.